The average Bonchev–Trinajstić information content (AvgIpc) is 2.77. The van der Waals surface area contributed by atoms with E-state index in [0.717, 1.165) is 16.6 Å². The summed E-state index contributed by atoms with van der Waals surface area (Å²) in [4.78, 5) is 12.3. The van der Waals surface area contributed by atoms with Crippen LogP contribution in [0.25, 0.3) is 0 Å². The predicted molar refractivity (Wildman–Crippen MR) is 92.8 cm³/mol. The summed E-state index contributed by atoms with van der Waals surface area (Å²) in [6.07, 6.45) is 3.46. The molecule has 1 aromatic rings. The van der Waals surface area contributed by atoms with Crippen molar-refractivity contribution in [2.75, 3.05) is 11.5 Å². The van der Waals surface area contributed by atoms with Gasteiger partial charge in [0.1, 0.15) is 0 Å². The summed E-state index contributed by atoms with van der Waals surface area (Å²) in [5.74, 6) is 1.04. The number of nitrogens with one attached hydrogen (secondary N) is 1. The number of carbonyl (C=O) groups is 1. The molecule has 112 valence electrons. The first-order valence-corrected chi connectivity index (χ1v) is 8.43. The molecule has 1 amide bonds. The van der Waals surface area contributed by atoms with Crippen LogP contribution in [0.4, 0.5) is 5.69 Å². The second-order valence-electron chi connectivity index (χ2n) is 4.74. The Morgan fingerprint density at radius 3 is 2.90 bits per heavy atom. The molecule has 3 N–H and O–H groups in total. The topological polar surface area (TPSA) is 55.1 Å². The summed E-state index contributed by atoms with van der Waals surface area (Å²) < 4.78 is 0.891. The molecule has 0 bridgehead atoms. The van der Waals surface area contributed by atoms with Crippen molar-refractivity contribution in [1.29, 1.82) is 0 Å². The van der Waals surface area contributed by atoms with E-state index in [4.69, 9.17) is 5.73 Å². The van der Waals surface area contributed by atoms with Gasteiger partial charge in [-0.15, -0.1) is 12.4 Å². The molecule has 0 radical (unpaired) electrons. The largest absolute Gasteiger partial charge is 0.398 e. The Labute approximate surface area is 139 Å². The number of hydrogen-bond donors (Lipinski definition) is 2. The van der Waals surface area contributed by atoms with Crippen LogP contribution in [0.15, 0.2) is 22.7 Å². The van der Waals surface area contributed by atoms with Crippen LogP contribution in [0, 0.1) is 0 Å². The molecule has 0 aromatic heterocycles. The minimum absolute atomic E-state index is 0. The molecule has 0 aliphatic heterocycles. The van der Waals surface area contributed by atoms with Gasteiger partial charge in [0.15, 0.2) is 0 Å². The molecule has 2 atom stereocenters. The molecular weight excluding hydrogens is 360 g/mol. The molecule has 1 fully saturated rings. The SMILES string of the molecule is CCSC1CCCC1NC(=O)c1ccc(Br)cc1N.Cl. The number of anilines is 1. The van der Waals surface area contributed by atoms with Crippen molar-refractivity contribution in [2.24, 2.45) is 0 Å². The van der Waals surface area contributed by atoms with Crippen LogP contribution in [-0.4, -0.2) is 23.0 Å². The minimum atomic E-state index is -0.0568. The van der Waals surface area contributed by atoms with Crippen molar-refractivity contribution in [3.05, 3.63) is 28.2 Å². The van der Waals surface area contributed by atoms with E-state index >= 15 is 0 Å². The molecule has 1 aliphatic carbocycles. The highest BCUT2D eigenvalue weighted by Crippen LogP contribution is 2.30. The number of halogens is 2. The van der Waals surface area contributed by atoms with Crippen LogP contribution in [0.1, 0.15) is 36.5 Å². The number of rotatable bonds is 4. The number of nitrogens with two attached hydrogens (primary N) is 1. The summed E-state index contributed by atoms with van der Waals surface area (Å²) in [7, 11) is 0. The molecule has 1 aromatic carbocycles. The van der Waals surface area contributed by atoms with Gasteiger partial charge in [0.2, 0.25) is 0 Å². The highest BCUT2D eigenvalue weighted by atomic mass is 79.9. The number of hydrogen-bond acceptors (Lipinski definition) is 3. The summed E-state index contributed by atoms with van der Waals surface area (Å²) >= 11 is 5.29. The van der Waals surface area contributed by atoms with Gasteiger partial charge < -0.3 is 11.1 Å². The number of amides is 1. The van der Waals surface area contributed by atoms with E-state index in [9.17, 15) is 4.79 Å². The van der Waals surface area contributed by atoms with E-state index in [1.165, 1.54) is 12.8 Å². The lowest BCUT2D eigenvalue weighted by molar-refractivity contribution is 0.0939. The fourth-order valence-electron chi connectivity index (χ4n) is 2.49. The maximum Gasteiger partial charge on any atom is 0.253 e. The molecule has 3 nitrogen and oxygen atoms in total. The normalized spacial score (nSPS) is 21.3. The zero-order valence-electron chi connectivity index (χ0n) is 11.4. The lowest BCUT2D eigenvalue weighted by Gasteiger charge is -2.20. The minimum Gasteiger partial charge on any atom is -0.398 e. The van der Waals surface area contributed by atoms with E-state index in [0.29, 0.717) is 16.5 Å². The number of benzene rings is 1. The van der Waals surface area contributed by atoms with Crippen molar-refractivity contribution in [2.45, 2.75) is 37.5 Å². The smallest absolute Gasteiger partial charge is 0.253 e. The molecule has 2 rings (SSSR count). The third-order valence-electron chi connectivity index (χ3n) is 3.41. The Hall–Kier alpha value is -0.390. The Bertz CT molecular complexity index is 472. The maximum atomic E-state index is 12.3. The molecule has 0 spiro atoms. The Morgan fingerprint density at radius 1 is 1.50 bits per heavy atom. The van der Waals surface area contributed by atoms with Gasteiger partial charge in [-0.05, 0) is 36.8 Å². The van der Waals surface area contributed by atoms with Crippen molar-refractivity contribution in [3.63, 3.8) is 0 Å². The second-order valence-corrected chi connectivity index (χ2v) is 7.17. The molecule has 0 heterocycles. The lowest BCUT2D eigenvalue weighted by Crippen LogP contribution is -2.39. The number of carbonyl (C=O) groups excluding carboxylic acids is 1. The van der Waals surface area contributed by atoms with Gasteiger partial charge in [0.25, 0.3) is 5.91 Å². The van der Waals surface area contributed by atoms with Crippen molar-refractivity contribution >= 4 is 51.7 Å². The van der Waals surface area contributed by atoms with Gasteiger partial charge in [-0.1, -0.05) is 29.3 Å². The van der Waals surface area contributed by atoms with Crippen LogP contribution < -0.4 is 11.1 Å². The summed E-state index contributed by atoms with van der Waals surface area (Å²) in [6.45, 7) is 2.16. The summed E-state index contributed by atoms with van der Waals surface area (Å²) in [5.41, 5.74) is 6.98. The standard InChI is InChI=1S/C14H19BrN2OS.ClH/c1-2-19-13-5-3-4-12(13)17-14(18)10-7-6-9(15)8-11(10)16;/h6-8,12-13H,2-5,16H2,1H3,(H,17,18);1H. The molecule has 1 aliphatic rings. The van der Waals surface area contributed by atoms with Gasteiger partial charge in [-0.25, -0.2) is 0 Å². The quantitative estimate of drug-likeness (QED) is 0.781. The Kier molecular flexibility index (Phi) is 7.20. The van der Waals surface area contributed by atoms with E-state index in [-0.39, 0.29) is 24.4 Å². The predicted octanol–water partition coefficient (Wildman–Crippen LogP) is 3.86. The average molecular weight is 380 g/mol. The zero-order valence-corrected chi connectivity index (χ0v) is 14.6. The monoisotopic (exact) mass is 378 g/mol. The van der Waals surface area contributed by atoms with Gasteiger partial charge in [-0.2, -0.15) is 11.8 Å². The second kappa shape index (κ2) is 8.15. The van der Waals surface area contributed by atoms with Crippen molar-refractivity contribution in [1.82, 2.24) is 5.32 Å². The fourth-order valence-corrected chi connectivity index (χ4v) is 4.07. The first-order valence-electron chi connectivity index (χ1n) is 6.59. The van der Waals surface area contributed by atoms with E-state index in [1.54, 1.807) is 12.1 Å². The van der Waals surface area contributed by atoms with Crippen LogP contribution in [0.2, 0.25) is 0 Å². The lowest BCUT2D eigenvalue weighted by atomic mass is 10.1. The molecule has 1 saturated carbocycles. The first kappa shape index (κ1) is 17.7. The van der Waals surface area contributed by atoms with E-state index in [2.05, 4.69) is 28.2 Å². The number of nitrogen functional groups attached to an aromatic ring is 1. The highest BCUT2D eigenvalue weighted by Gasteiger charge is 2.28. The highest BCUT2D eigenvalue weighted by molar-refractivity contribution is 9.10. The molecule has 0 saturated heterocycles. The fraction of sp³-hybridized carbons (Fsp3) is 0.500. The molecule has 2 unspecified atom stereocenters. The van der Waals surface area contributed by atoms with Gasteiger partial charge in [0, 0.05) is 21.5 Å². The van der Waals surface area contributed by atoms with Crippen LogP contribution in [0.5, 0.6) is 0 Å². The Balaban J connectivity index is 0.00000200. The summed E-state index contributed by atoms with van der Waals surface area (Å²) in [6, 6.07) is 5.66. The van der Waals surface area contributed by atoms with Crippen molar-refractivity contribution < 1.29 is 4.79 Å². The zero-order chi connectivity index (χ0) is 13.8. The van der Waals surface area contributed by atoms with Crippen molar-refractivity contribution in [3.8, 4) is 0 Å². The first-order chi connectivity index (χ1) is 9.11. The van der Waals surface area contributed by atoms with Crippen LogP contribution in [0.3, 0.4) is 0 Å². The molecule has 20 heavy (non-hydrogen) atoms. The third-order valence-corrected chi connectivity index (χ3v) is 5.23. The van der Waals surface area contributed by atoms with E-state index < -0.39 is 0 Å². The molecular formula is C14H20BrClN2OS. The number of thioether (sulfide) groups is 1. The molecule has 6 heteroatoms. The van der Waals surface area contributed by atoms with E-state index in [1.807, 2.05) is 17.8 Å². The van der Waals surface area contributed by atoms with Gasteiger partial charge >= 0.3 is 0 Å². The van der Waals surface area contributed by atoms with Crippen LogP contribution >= 0.6 is 40.1 Å². The maximum absolute atomic E-state index is 12.3. The third kappa shape index (κ3) is 4.30. The van der Waals surface area contributed by atoms with Gasteiger partial charge in [0.05, 0.1) is 5.56 Å². The Morgan fingerprint density at radius 2 is 2.25 bits per heavy atom. The van der Waals surface area contributed by atoms with Gasteiger partial charge in [-0.3, -0.25) is 4.79 Å². The van der Waals surface area contributed by atoms with Crippen LogP contribution in [-0.2, 0) is 0 Å². The summed E-state index contributed by atoms with van der Waals surface area (Å²) in [5, 5.41) is 3.68.